The molecule has 0 unspecified atom stereocenters. The van der Waals surface area contributed by atoms with Crippen molar-refractivity contribution in [3.63, 3.8) is 0 Å². The van der Waals surface area contributed by atoms with Gasteiger partial charge in [0.15, 0.2) is 5.96 Å². The van der Waals surface area contributed by atoms with Crippen molar-refractivity contribution >= 4 is 29.9 Å². The molecule has 1 saturated heterocycles. The van der Waals surface area contributed by atoms with Crippen molar-refractivity contribution in [1.82, 2.24) is 30.3 Å². The second-order valence-electron chi connectivity index (χ2n) is 6.96. The fraction of sp³-hybridized carbons (Fsp3) is 0.824. The van der Waals surface area contributed by atoms with Crippen molar-refractivity contribution in [2.24, 2.45) is 12.0 Å². The zero-order valence-electron chi connectivity index (χ0n) is 15.9. The molecule has 0 atom stereocenters. The monoisotopic (exact) mass is 477 g/mol. The van der Waals surface area contributed by atoms with E-state index in [0.717, 1.165) is 44.6 Å². The molecule has 1 aromatic heterocycles. The lowest BCUT2D eigenvalue weighted by Gasteiger charge is -2.48. The average molecular weight is 477 g/mol. The minimum atomic E-state index is 0. The molecule has 2 aliphatic rings. The maximum absolute atomic E-state index is 5.56. The van der Waals surface area contributed by atoms with E-state index in [1.807, 2.05) is 14.1 Å². The number of nitrogens with one attached hydrogen (secondary N) is 2. The molecule has 9 heteroatoms. The highest BCUT2D eigenvalue weighted by molar-refractivity contribution is 14.0. The van der Waals surface area contributed by atoms with Gasteiger partial charge in [0.1, 0.15) is 12.2 Å². The quantitative estimate of drug-likeness (QED) is 0.376. The lowest BCUT2D eigenvalue weighted by Crippen LogP contribution is -2.60. The molecule has 1 aromatic rings. The van der Waals surface area contributed by atoms with Gasteiger partial charge < -0.3 is 15.4 Å². The number of ether oxygens (including phenoxy) is 1. The molecule has 26 heavy (non-hydrogen) atoms. The van der Waals surface area contributed by atoms with Crippen LogP contribution in [0.25, 0.3) is 0 Å². The molecule has 2 fully saturated rings. The van der Waals surface area contributed by atoms with Gasteiger partial charge >= 0.3 is 0 Å². The van der Waals surface area contributed by atoms with E-state index in [-0.39, 0.29) is 29.5 Å². The van der Waals surface area contributed by atoms with E-state index in [9.17, 15) is 0 Å². The van der Waals surface area contributed by atoms with Crippen molar-refractivity contribution in [3.05, 3.63) is 12.2 Å². The molecular formula is C17H32IN7O. The van der Waals surface area contributed by atoms with Crippen molar-refractivity contribution in [2.75, 3.05) is 39.9 Å². The molecule has 1 aliphatic carbocycles. The standard InChI is InChI=1S/C17H31N7O.HI/c1-18-16(19-12-15-21-14-22-23(15)2)20-13-17(6-4-3-5-7-17)24-8-10-25-11-9-24;/h14H,3-13H2,1-2H3,(H2,18,19,20);1H. The van der Waals surface area contributed by atoms with Gasteiger partial charge in [0.25, 0.3) is 0 Å². The van der Waals surface area contributed by atoms with Crippen LogP contribution in [0.4, 0.5) is 0 Å². The molecule has 0 aromatic carbocycles. The predicted octanol–water partition coefficient (Wildman–Crippen LogP) is 1.13. The van der Waals surface area contributed by atoms with Gasteiger partial charge in [0, 0.05) is 39.3 Å². The number of rotatable bonds is 5. The summed E-state index contributed by atoms with van der Waals surface area (Å²) < 4.78 is 7.33. The fourth-order valence-corrected chi connectivity index (χ4v) is 3.96. The molecule has 8 nitrogen and oxygen atoms in total. The van der Waals surface area contributed by atoms with E-state index in [2.05, 4.69) is 30.6 Å². The number of halogens is 1. The Balaban J connectivity index is 0.00000243. The summed E-state index contributed by atoms with van der Waals surface area (Å²) in [6, 6.07) is 0. The Hall–Kier alpha value is -0.940. The Morgan fingerprint density at radius 1 is 1.23 bits per heavy atom. The van der Waals surface area contributed by atoms with E-state index in [4.69, 9.17) is 4.74 Å². The molecule has 0 bridgehead atoms. The van der Waals surface area contributed by atoms with E-state index >= 15 is 0 Å². The summed E-state index contributed by atoms with van der Waals surface area (Å²) in [5, 5.41) is 11.0. The van der Waals surface area contributed by atoms with Gasteiger partial charge in [-0.1, -0.05) is 19.3 Å². The van der Waals surface area contributed by atoms with E-state index in [0.29, 0.717) is 6.54 Å². The first-order chi connectivity index (χ1) is 12.2. The molecule has 1 saturated carbocycles. The first-order valence-electron chi connectivity index (χ1n) is 9.34. The van der Waals surface area contributed by atoms with Crippen molar-refractivity contribution in [1.29, 1.82) is 0 Å². The number of nitrogens with zero attached hydrogens (tertiary/aromatic N) is 5. The largest absolute Gasteiger partial charge is 0.379 e. The number of aryl methyl sites for hydroxylation is 1. The smallest absolute Gasteiger partial charge is 0.191 e. The predicted molar refractivity (Wildman–Crippen MR) is 113 cm³/mol. The van der Waals surface area contributed by atoms with Crippen molar-refractivity contribution in [2.45, 2.75) is 44.2 Å². The van der Waals surface area contributed by atoms with Gasteiger partial charge in [-0.05, 0) is 12.8 Å². The first-order valence-corrected chi connectivity index (χ1v) is 9.34. The molecule has 3 rings (SSSR count). The molecule has 148 valence electrons. The Labute approximate surface area is 173 Å². The van der Waals surface area contributed by atoms with Crippen LogP contribution < -0.4 is 10.6 Å². The zero-order chi connectivity index (χ0) is 17.5. The van der Waals surface area contributed by atoms with Crippen LogP contribution in [0.15, 0.2) is 11.3 Å². The van der Waals surface area contributed by atoms with Crippen molar-refractivity contribution in [3.8, 4) is 0 Å². The molecule has 2 N–H and O–H groups in total. The number of guanidine groups is 1. The van der Waals surface area contributed by atoms with Crippen LogP contribution in [0.1, 0.15) is 37.9 Å². The molecule has 0 radical (unpaired) electrons. The van der Waals surface area contributed by atoms with Gasteiger partial charge in [-0.2, -0.15) is 5.10 Å². The van der Waals surface area contributed by atoms with Crippen LogP contribution >= 0.6 is 24.0 Å². The van der Waals surface area contributed by atoms with Crippen LogP contribution in [0.2, 0.25) is 0 Å². The fourth-order valence-electron chi connectivity index (χ4n) is 3.96. The van der Waals surface area contributed by atoms with Crippen LogP contribution in [-0.2, 0) is 18.3 Å². The van der Waals surface area contributed by atoms with E-state index in [1.54, 1.807) is 11.0 Å². The summed E-state index contributed by atoms with van der Waals surface area (Å²) in [6.07, 6.45) is 8.04. The minimum absolute atomic E-state index is 0. The van der Waals surface area contributed by atoms with Gasteiger partial charge in [0.2, 0.25) is 0 Å². The maximum Gasteiger partial charge on any atom is 0.191 e. The summed E-state index contributed by atoms with van der Waals surface area (Å²) in [7, 11) is 3.71. The molecule has 0 amide bonds. The first kappa shape index (κ1) is 21.4. The molecule has 1 aliphatic heterocycles. The number of morpholine rings is 1. The zero-order valence-corrected chi connectivity index (χ0v) is 18.2. The second kappa shape index (κ2) is 10.4. The van der Waals surface area contributed by atoms with E-state index < -0.39 is 0 Å². The van der Waals surface area contributed by atoms with Crippen LogP contribution in [0, 0.1) is 0 Å². The topological polar surface area (TPSA) is 79.6 Å². The molecule has 0 spiro atoms. The summed E-state index contributed by atoms with van der Waals surface area (Å²) >= 11 is 0. The van der Waals surface area contributed by atoms with Crippen LogP contribution in [0.3, 0.4) is 0 Å². The van der Waals surface area contributed by atoms with Gasteiger partial charge in [-0.25, -0.2) is 4.98 Å². The van der Waals surface area contributed by atoms with Crippen LogP contribution in [-0.4, -0.2) is 71.1 Å². The maximum atomic E-state index is 5.56. The molecule has 2 heterocycles. The Morgan fingerprint density at radius 2 is 1.96 bits per heavy atom. The Bertz CT molecular complexity index is 565. The third kappa shape index (κ3) is 5.29. The van der Waals surface area contributed by atoms with Gasteiger partial charge in [-0.15, -0.1) is 24.0 Å². The number of hydrogen-bond acceptors (Lipinski definition) is 5. The Morgan fingerprint density at radius 3 is 2.58 bits per heavy atom. The second-order valence-corrected chi connectivity index (χ2v) is 6.96. The number of aliphatic imine (C=N–C) groups is 1. The van der Waals surface area contributed by atoms with E-state index in [1.165, 1.54) is 32.1 Å². The van der Waals surface area contributed by atoms with Gasteiger partial charge in [-0.3, -0.25) is 14.6 Å². The summed E-state index contributed by atoms with van der Waals surface area (Å²) in [6.45, 7) is 5.30. The van der Waals surface area contributed by atoms with Crippen molar-refractivity contribution < 1.29 is 4.74 Å². The number of aromatic nitrogens is 3. The number of hydrogen-bond donors (Lipinski definition) is 2. The lowest BCUT2D eigenvalue weighted by atomic mass is 9.80. The minimum Gasteiger partial charge on any atom is -0.379 e. The van der Waals surface area contributed by atoms with Crippen LogP contribution in [0.5, 0.6) is 0 Å². The summed E-state index contributed by atoms with van der Waals surface area (Å²) in [5.74, 6) is 1.71. The van der Waals surface area contributed by atoms with Gasteiger partial charge in [0.05, 0.1) is 19.8 Å². The average Bonchev–Trinajstić information content (AvgIpc) is 3.08. The molecular weight excluding hydrogens is 445 g/mol. The Kier molecular flexibility index (Phi) is 8.55. The summed E-state index contributed by atoms with van der Waals surface area (Å²) in [5.41, 5.74) is 0.227. The summed E-state index contributed by atoms with van der Waals surface area (Å²) in [4.78, 5) is 11.3. The lowest BCUT2D eigenvalue weighted by molar-refractivity contribution is -0.0352. The highest BCUT2D eigenvalue weighted by atomic mass is 127. The normalized spacial score (nSPS) is 21.1. The highest BCUT2D eigenvalue weighted by Crippen LogP contribution is 2.33. The third-order valence-corrected chi connectivity index (χ3v) is 5.49. The highest BCUT2D eigenvalue weighted by Gasteiger charge is 2.38. The third-order valence-electron chi connectivity index (χ3n) is 5.49. The SMILES string of the molecule is CN=C(NCc1ncnn1C)NCC1(N2CCOCC2)CCCCC1.I.